The maximum absolute atomic E-state index is 12.2. The average Bonchev–Trinajstić information content (AvgIpc) is 2.91. The highest BCUT2D eigenvalue weighted by molar-refractivity contribution is 7.13. The zero-order valence-corrected chi connectivity index (χ0v) is 13.2. The third kappa shape index (κ3) is 3.27. The molecular weight excluding hydrogens is 330 g/mol. The molecular formula is C17H13NO5S. The molecule has 1 unspecified atom stereocenters. The number of aliphatic hydroxyl groups excluding tert-OH is 1. The molecule has 3 aromatic rings. The summed E-state index contributed by atoms with van der Waals surface area (Å²) in [5, 5.41) is 10.5. The lowest BCUT2D eigenvalue weighted by Crippen LogP contribution is -2.26. The van der Waals surface area contributed by atoms with Crippen LogP contribution in [0.25, 0.3) is 10.1 Å². The van der Waals surface area contributed by atoms with Gasteiger partial charge in [-0.1, -0.05) is 35.8 Å². The van der Waals surface area contributed by atoms with Gasteiger partial charge in [0.25, 0.3) is 5.56 Å². The number of carbonyl (C=O) groups is 2. The van der Waals surface area contributed by atoms with Crippen LogP contribution in [0.3, 0.4) is 0 Å². The molecule has 2 aromatic carbocycles. The number of nitrogens with zero attached hydrogens (tertiary/aromatic N) is 1. The Morgan fingerprint density at radius 3 is 2.58 bits per heavy atom. The van der Waals surface area contributed by atoms with Crippen LogP contribution in [0.4, 0.5) is 0 Å². The predicted molar refractivity (Wildman–Crippen MR) is 89.3 cm³/mol. The van der Waals surface area contributed by atoms with E-state index < -0.39 is 12.3 Å². The second kappa shape index (κ2) is 6.77. The third-order valence-electron chi connectivity index (χ3n) is 3.40. The lowest BCUT2D eigenvalue weighted by Gasteiger charge is -2.11. The molecule has 1 heterocycles. The molecule has 0 amide bonds. The van der Waals surface area contributed by atoms with Gasteiger partial charge < -0.3 is 9.84 Å². The number of hydrogen-bond acceptors (Lipinski definition) is 6. The van der Waals surface area contributed by atoms with Gasteiger partial charge in [-0.05, 0) is 24.3 Å². The van der Waals surface area contributed by atoms with Gasteiger partial charge in [-0.25, -0.2) is 4.79 Å². The summed E-state index contributed by atoms with van der Waals surface area (Å²) in [4.78, 5) is 34.7. The summed E-state index contributed by atoms with van der Waals surface area (Å²) in [5.74, 6) is -0.728. The smallest absolute Gasteiger partial charge is 0.340 e. The Morgan fingerprint density at radius 2 is 1.92 bits per heavy atom. The van der Waals surface area contributed by atoms with Gasteiger partial charge >= 0.3 is 5.97 Å². The summed E-state index contributed by atoms with van der Waals surface area (Å²) in [6, 6.07) is 12.9. The van der Waals surface area contributed by atoms with Crippen molar-refractivity contribution < 1.29 is 19.4 Å². The first kappa shape index (κ1) is 16.1. The zero-order chi connectivity index (χ0) is 17.1. The molecule has 0 radical (unpaired) electrons. The van der Waals surface area contributed by atoms with Crippen LogP contribution in [0.1, 0.15) is 20.7 Å². The molecule has 24 heavy (non-hydrogen) atoms. The van der Waals surface area contributed by atoms with Gasteiger partial charge in [0.1, 0.15) is 6.29 Å². The molecule has 0 bridgehead atoms. The molecule has 1 N–H and O–H groups in total. The lowest BCUT2D eigenvalue weighted by atomic mass is 10.1. The van der Waals surface area contributed by atoms with Crippen LogP contribution in [-0.4, -0.2) is 27.6 Å². The van der Waals surface area contributed by atoms with E-state index in [0.717, 1.165) is 4.70 Å². The predicted octanol–water partition coefficient (Wildman–Crippen LogP) is 2.05. The fraction of sp³-hybridized carbons (Fsp3) is 0.118. The molecule has 0 aliphatic carbocycles. The van der Waals surface area contributed by atoms with Crippen LogP contribution in [0.15, 0.2) is 53.3 Å². The zero-order valence-electron chi connectivity index (χ0n) is 12.4. The number of aromatic nitrogens is 1. The van der Waals surface area contributed by atoms with E-state index in [0.29, 0.717) is 17.2 Å². The topological polar surface area (TPSA) is 85.6 Å². The SMILES string of the molecule is O=Cc1ccc(C(=O)OC(O)Cn2sc3ccccc3c2=O)cc1. The van der Waals surface area contributed by atoms with Crippen LogP contribution in [0.5, 0.6) is 0 Å². The average molecular weight is 343 g/mol. The van der Waals surface area contributed by atoms with E-state index in [4.69, 9.17) is 4.74 Å². The van der Waals surface area contributed by atoms with Crippen molar-refractivity contribution in [3.63, 3.8) is 0 Å². The van der Waals surface area contributed by atoms with Crippen LogP contribution in [0, 0.1) is 0 Å². The van der Waals surface area contributed by atoms with Gasteiger partial charge in [0.05, 0.1) is 22.2 Å². The second-order valence-electron chi connectivity index (χ2n) is 5.05. The molecule has 1 aromatic heterocycles. The van der Waals surface area contributed by atoms with E-state index in [1.807, 2.05) is 12.1 Å². The summed E-state index contributed by atoms with van der Waals surface area (Å²) in [6.07, 6.45) is -0.785. The largest absolute Gasteiger partial charge is 0.430 e. The number of aliphatic hydroxyl groups is 1. The van der Waals surface area contributed by atoms with Crippen LogP contribution in [0.2, 0.25) is 0 Å². The van der Waals surface area contributed by atoms with Gasteiger partial charge in [0, 0.05) is 5.56 Å². The molecule has 0 spiro atoms. The normalized spacial score (nSPS) is 12.0. The van der Waals surface area contributed by atoms with Crippen molar-refractivity contribution in [1.29, 1.82) is 0 Å². The fourth-order valence-corrected chi connectivity index (χ4v) is 3.22. The first-order valence-corrected chi connectivity index (χ1v) is 7.89. The number of esters is 1. The summed E-state index contributed by atoms with van der Waals surface area (Å²) >= 11 is 1.19. The molecule has 0 saturated carbocycles. The Balaban J connectivity index is 1.70. The monoisotopic (exact) mass is 343 g/mol. The van der Waals surface area contributed by atoms with Crippen molar-refractivity contribution in [2.24, 2.45) is 0 Å². The Bertz CT molecular complexity index is 942. The van der Waals surface area contributed by atoms with Crippen LogP contribution in [-0.2, 0) is 11.3 Å². The van der Waals surface area contributed by atoms with Gasteiger partial charge in [0.2, 0.25) is 6.29 Å². The molecule has 0 aliphatic heterocycles. The lowest BCUT2D eigenvalue weighted by molar-refractivity contribution is -0.0718. The standard InChI is InChI=1S/C17H13NO5S/c19-10-11-5-7-12(8-6-11)17(22)23-15(20)9-18-16(21)13-3-1-2-4-14(13)24-18/h1-8,10,15,20H,9H2. The molecule has 6 nitrogen and oxygen atoms in total. The minimum atomic E-state index is -1.45. The molecule has 3 rings (SSSR count). The Labute approximate surface area is 140 Å². The van der Waals surface area contributed by atoms with Crippen molar-refractivity contribution in [1.82, 2.24) is 3.96 Å². The summed E-state index contributed by atoms with van der Waals surface area (Å²) in [5.41, 5.74) is 0.410. The maximum atomic E-state index is 12.2. The molecule has 0 aliphatic rings. The Morgan fingerprint density at radius 1 is 1.21 bits per heavy atom. The summed E-state index contributed by atoms with van der Waals surface area (Å²) < 4.78 is 7.08. The van der Waals surface area contributed by atoms with Crippen molar-refractivity contribution in [2.75, 3.05) is 0 Å². The summed E-state index contributed by atoms with van der Waals surface area (Å²) in [7, 11) is 0. The highest BCUT2D eigenvalue weighted by Crippen LogP contribution is 2.16. The highest BCUT2D eigenvalue weighted by Gasteiger charge is 2.16. The third-order valence-corrected chi connectivity index (χ3v) is 4.49. The molecule has 0 saturated heterocycles. The van der Waals surface area contributed by atoms with Gasteiger partial charge in [-0.15, -0.1) is 0 Å². The Kier molecular flexibility index (Phi) is 4.54. The highest BCUT2D eigenvalue weighted by atomic mass is 32.1. The van der Waals surface area contributed by atoms with Gasteiger partial charge in [-0.3, -0.25) is 13.5 Å². The van der Waals surface area contributed by atoms with E-state index in [2.05, 4.69) is 0 Å². The van der Waals surface area contributed by atoms with E-state index in [1.54, 1.807) is 12.1 Å². The van der Waals surface area contributed by atoms with Crippen LogP contribution >= 0.6 is 11.5 Å². The maximum Gasteiger partial charge on any atom is 0.340 e. The first-order valence-electron chi connectivity index (χ1n) is 7.11. The number of carbonyl (C=O) groups excluding carboxylic acids is 2. The second-order valence-corrected chi connectivity index (χ2v) is 6.12. The van der Waals surface area contributed by atoms with E-state index in [-0.39, 0.29) is 17.7 Å². The van der Waals surface area contributed by atoms with Crippen molar-refractivity contribution >= 4 is 33.9 Å². The van der Waals surface area contributed by atoms with Crippen LogP contribution < -0.4 is 5.56 Å². The number of rotatable bonds is 5. The summed E-state index contributed by atoms with van der Waals surface area (Å²) in [6.45, 7) is -0.143. The molecule has 1 atom stereocenters. The molecule has 0 fully saturated rings. The number of benzene rings is 2. The quantitative estimate of drug-likeness (QED) is 0.435. The number of ether oxygens (including phenoxy) is 1. The fourth-order valence-electron chi connectivity index (χ4n) is 2.21. The number of hydrogen-bond donors (Lipinski definition) is 1. The number of aldehydes is 1. The molecule has 122 valence electrons. The minimum Gasteiger partial charge on any atom is -0.430 e. The molecule has 7 heteroatoms. The Hall–Kier alpha value is -2.77. The van der Waals surface area contributed by atoms with E-state index in [9.17, 15) is 19.5 Å². The van der Waals surface area contributed by atoms with Crippen molar-refractivity contribution in [3.8, 4) is 0 Å². The first-order chi connectivity index (χ1) is 11.6. The van der Waals surface area contributed by atoms with Gasteiger partial charge in [0.15, 0.2) is 0 Å². The van der Waals surface area contributed by atoms with E-state index in [1.165, 1.54) is 39.8 Å². The minimum absolute atomic E-state index is 0.143. The number of fused-ring (bicyclic) bond motifs is 1. The van der Waals surface area contributed by atoms with Crippen molar-refractivity contribution in [3.05, 3.63) is 70.0 Å². The van der Waals surface area contributed by atoms with Crippen molar-refractivity contribution in [2.45, 2.75) is 12.8 Å². The van der Waals surface area contributed by atoms with Gasteiger partial charge in [-0.2, -0.15) is 0 Å². The van der Waals surface area contributed by atoms with E-state index >= 15 is 0 Å².